The van der Waals surface area contributed by atoms with Crippen molar-refractivity contribution in [3.8, 4) is 5.75 Å². The summed E-state index contributed by atoms with van der Waals surface area (Å²) in [7, 11) is 0. The van der Waals surface area contributed by atoms with Gasteiger partial charge in [0.05, 0.1) is 12.3 Å². The molecule has 26 heavy (non-hydrogen) atoms. The zero-order valence-electron chi connectivity index (χ0n) is 16.0. The minimum absolute atomic E-state index is 0.707. The molecular formula is C22H33N3O. The van der Waals surface area contributed by atoms with Gasteiger partial charge in [0.15, 0.2) is 0 Å². The van der Waals surface area contributed by atoms with Crippen molar-refractivity contribution in [3.05, 3.63) is 23.3 Å². The van der Waals surface area contributed by atoms with Gasteiger partial charge in [0, 0.05) is 50.7 Å². The standard InChI is InChI=1S/C22H33N3O/c23-21-8-7-19(20-9-14-26-22(20)21)17-3-5-18(6-4-17)25-12-10-24(11-13-25)15-16-1-2-16/h7-8,16-18H,1-6,9-15,23H2. The van der Waals surface area contributed by atoms with E-state index in [0.29, 0.717) is 5.92 Å². The highest BCUT2D eigenvalue weighted by molar-refractivity contribution is 5.61. The second kappa shape index (κ2) is 7.05. The maximum atomic E-state index is 6.10. The Labute approximate surface area is 157 Å². The van der Waals surface area contributed by atoms with E-state index in [1.54, 1.807) is 0 Å². The molecule has 2 heterocycles. The number of fused-ring (bicyclic) bond motifs is 1. The molecule has 1 aromatic rings. The molecule has 0 radical (unpaired) electrons. The van der Waals surface area contributed by atoms with Crippen LogP contribution in [0.25, 0.3) is 0 Å². The molecular weight excluding hydrogens is 322 g/mol. The summed E-state index contributed by atoms with van der Waals surface area (Å²) in [6.45, 7) is 7.32. The summed E-state index contributed by atoms with van der Waals surface area (Å²) < 4.78 is 5.78. The fourth-order valence-electron chi connectivity index (χ4n) is 5.46. The molecule has 0 unspecified atom stereocenters. The second-order valence-electron chi connectivity index (χ2n) is 8.94. The fraction of sp³-hybridized carbons (Fsp3) is 0.727. The van der Waals surface area contributed by atoms with Crippen molar-refractivity contribution in [3.63, 3.8) is 0 Å². The van der Waals surface area contributed by atoms with E-state index < -0.39 is 0 Å². The lowest BCUT2D eigenvalue weighted by atomic mass is 9.79. The first-order valence-corrected chi connectivity index (χ1v) is 10.8. The number of benzene rings is 1. The Morgan fingerprint density at radius 3 is 2.46 bits per heavy atom. The number of ether oxygens (including phenoxy) is 1. The van der Waals surface area contributed by atoms with Crippen LogP contribution in [0.15, 0.2) is 12.1 Å². The fourth-order valence-corrected chi connectivity index (χ4v) is 5.46. The average Bonchev–Trinajstić information content (AvgIpc) is 3.35. The number of nitrogens with two attached hydrogens (primary N) is 1. The number of hydrogen-bond acceptors (Lipinski definition) is 4. The first kappa shape index (κ1) is 16.9. The third-order valence-electron chi connectivity index (χ3n) is 7.20. The number of nitrogen functional groups attached to an aromatic ring is 1. The monoisotopic (exact) mass is 355 g/mol. The number of anilines is 1. The molecule has 2 N–H and O–H groups in total. The zero-order chi connectivity index (χ0) is 17.5. The van der Waals surface area contributed by atoms with E-state index in [0.717, 1.165) is 36.4 Å². The highest BCUT2D eigenvalue weighted by atomic mass is 16.5. The van der Waals surface area contributed by atoms with Gasteiger partial charge < -0.3 is 15.4 Å². The van der Waals surface area contributed by atoms with Crippen LogP contribution in [-0.4, -0.2) is 55.2 Å². The Morgan fingerprint density at radius 2 is 1.73 bits per heavy atom. The Morgan fingerprint density at radius 1 is 0.962 bits per heavy atom. The second-order valence-corrected chi connectivity index (χ2v) is 8.94. The number of hydrogen-bond donors (Lipinski definition) is 1. The van der Waals surface area contributed by atoms with E-state index >= 15 is 0 Å². The predicted octanol–water partition coefficient (Wildman–Crippen LogP) is 3.26. The number of rotatable bonds is 4. The summed E-state index contributed by atoms with van der Waals surface area (Å²) in [5.74, 6) is 2.72. The highest BCUT2D eigenvalue weighted by Crippen LogP contribution is 2.42. The molecule has 5 rings (SSSR count). The molecule has 1 aromatic carbocycles. The van der Waals surface area contributed by atoms with E-state index in [2.05, 4.69) is 21.9 Å². The van der Waals surface area contributed by atoms with Crippen molar-refractivity contribution in [1.82, 2.24) is 9.80 Å². The molecule has 0 atom stereocenters. The van der Waals surface area contributed by atoms with Crippen LogP contribution in [-0.2, 0) is 6.42 Å². The van der Waals surface area contributed by atoms with E-state index in [1.165, 1.54) is 82.4 Å². The highest BCUT2D eigenvalue weighted by Gasteiger charge is 2.32. The van der Waals surface area contributed by atoms with Crippen LogP contribution in [0.1, 0.15) is 55.6 Å². The Balaban J connectivity index is 1.16. The van der Waals surface area contributed by atoms with Crippen LogP contribution in [0.2, 0.25) is 0 Å². The molecule has 0 amide bonds. The largest absolute Gasteiger partial charge is 0.491 e. The molecule has 2 aliphatic carbocycles. The Kier molecular flexibility index (Phi) is 4.57. The summed E-state index contributed by atoms with van der Waals surface area (Å²) in [5.41, 5.74) is 9.85. The van der Waals surface area contributed by atoms with Crippen LogP contribution in [0, 0.1) is 5.92 Å². The van der Waals surface area contributed by atoms with Crippen LogP contribution in [0.3, 0.4) is 0 Å². The topological polar surface area (TPSA) is 41.7 Å². The summed E-state index contributed by atoms with van der Waals surface area (Å²) in [4.78, 5) is 5.49. The third kappa shape index (κ3) is 3.34. The van der Waals surface area contributed by atoms with Gasteiger partial charge >= 0.3 is 0 Å². The molecule has 3 fully saturated rings. The van der Waals surface area contributed by atoms with Crippen molar-refractivity contribution in [1.29, 1.82) is 0 Å². The van der Waals surface area contributed by atoms with E-state index in [-0.39, 0.29) is 0 Å². The van der Waals surface area contributed by atoms with E-state index in [1.807, 2.05) is 0 Å². The van der Waals surface area contributed by atoms with Crippen molar-refractivity contribution < 1.29 is 4.74 Å². The van der Waals surface area contributed by atoms with E-state index in [4.69, 9.17) is 10.5 Å². The minimum Gasteiger partial charge on any atom is -0.491 e. The summed E-state index contributed by atoms with van der Waals surface area (Å²) in [5, 5.41) is 0. The molecule has 4 aliphatic rings. The number of nitrogens with zero attached hydrogens (tertiary/aromatic N) is 2. The number of piperazine rings is 1. The lowest BCUT2D eigenvalue weighted by Gasteiger charge is -2.42. The van der Waals surface area contributed by atoms with Gasteiger partial charge in [-0.15, -0.1) is 0 Å². The molecule has 142 valence electrons. The minimum atomic E-state index is 0.707. The smallest absolute Gasteiger partial charge is 0.145 e. The lowest BCUT2D eigenvalue weighted by molar-refractivity contribution is 0.0739. The first-order valence-electron chi connectivity index (χ1n) is 10.8. The van der Waals surface area contributed by atoms with Gasteiger partial charge in [0.2, 0.25) is 0 Å². The molecule has 1 saturated heterocycles. The van der Waals surface area contributed by atoms with Crippen molar-refractivity contribution in [2.75, 3.05) is 45.1 Å². The van der Waals surface area contributed by atoms with Gasteiger partial charge in [-0.25, -0.2) is 0 Å². The summed E-state index contributed by atoms with van der Waals surface area (Å²) in [6.07, 6.45) is 9.35. The van der Waals surface area contributed by atoms with Crippen molar-refractivity contribution >= 4 is 5.69 Å². The van der Waals surface area contributed by atoms with Crippen LogP contribution < -0.4 is 10.5 Å². The molecule has 0 bridgehead atoms. The lowest BCUT2D eigenvalue weighted by Crippen LogP contribution is -2.51. The van der Waals surface area contributed by atoms with Gasteiger partial charge in [-0.1, -0.05) is 6.07 Å². The average molecular weight is 356 g/mol. The molecule has 0 spiro atoms. The normalized spacial score (nSPS) is 30.2. The van der Waals surface area contributed by atoms with Crippen molar-refractivity contribution in [2.24, 2.45) is 5.92 Å². The van der Waals surface area contributed by atoms with Crippen LogP contribution in [0.5, 0.6) is 5.75 Å². The van der Waals surface area contributed by atoms with Crippen molar-refractivity contribution in [2.45, 2.75) is 56.9 Å². The maximum Gasteiger partial charge on any atom is 0.145 e. The van der Waals surface area contributed by atoms with Crippen LogP contribution >= 0.6 is 0 Å². The maximum absolute atomic E-state index is 6.10. The first-order chi connectivity index (χ1) is 12.8. The summed E-state index contributed by atoms with van der Waals surface area (Å²) >= 11 is 0. The van der Waals surface area contributed by atoms with Gasteiger partial charge in [0.25, 0.3) is 0 Å². The summed E-state index contributed by atoms with van der Waals surface area (Å²) in [6, 6.07) is 5.15. The molecule has 4 heteroatoms. The SMILES string of the molecule is Nc1ccc(C2CCC(N3CCN(CC4CC4)CC3)CC2)c2c1OCC2. The Bertz CT molecular complexity index is 641. The van der Waals surface area contributed by atoms with Gasteiger partial charge in [-0.05, 0) is 62.0 Å². The zero-order valence-corrected chi connectivity index (χ0v) is 16.0. The van der Waals surface area contributed by atoms with E-state index in [9.17, 15) is 0 Å². The molecule has 2 saturated carbocycles. The third-order valence-corrected chi connectivity index (χ3v) is 7.20. The van der Waals surface area contributed by atoms with Gasteiger partial charge in [0.1, 0.15) is 5.75 Å². The molecule has 2 aliphatic heterocycles. The van der Waals surface area contributed by atoms with Gasteiger partial charge in [-0.3, -0.25) is 4.90 Å². The molecule has 0 aromatic heterocycles. The predicted molar refractivity (Wildman–Crippen MR) is 106 cm³/mol. The van der Waals surface area contributed by atoms with Crippen LogP contribution in [0.4, 0.5) is 5.69 Å². The molecule has 4 nitrogen and oxygen atoms in total. The quantitative estimate of drug-likeness (QED) is 0.842. The van der Waals surface area contributed by atoms with Gasteiger partial charge in [-0.2, -0.15) is 0 Å². The Hall–Kier alpha value is -1.26.